The van der Waals surface area contributed by atoms with Gasteiger partial charge in [0.15, 0.2) is 6.10 Å². The number of carbonyl (C=O) groups is 1. The molecule has 8 heteroatoms. The molecule has 0 aliphatic carbocycles. The van der Waals surface area contributed by atoms with Crippen molar-refractivity contribution in [2.24, 2.45) is 0 Å². The van der Waals surface area contributed by atoms with E-state index in [2.05, 4.69) is 9.97 Å². The van der Waals surface area contributed by atoms with Crippen molar-refractivity contribution in [3.05, 3.63) is 48.0 Å². The predicted molar refractivity (Wildman–Crippen MR) is 106 cm³/mol. The molecule has 4 rings (SSSR count). The van der Waals surface area contributed by atoms with Crippen LogP contribution in [0.25, 0.3) is 22.0 Å². The summed E-state index contributed by atoms with van der Waals surface area (Å²) in [4.78, 5) is 23.0. The van der Waals surface area contributed by atoms with Crippen LogP contribution in [0.1, 0.15) is 6.92 Å². The summed E-state index contributed by atoms with van der Waals surface area (Å²) in [6, 6.07) is 11.2. The number of benzene rings is 1. The Bertz CT molecular complexity index is 992. The summed E-state index contributed by atoms with van der Waals surface area (Å²) in [6.45, 7) is 1.24. The maximum absolute atomic E-state index is 12.6. The van der Waals surface area contributed by atoms with E-state index in [1.165, 1.54) is 16.2 Å². The zero-order valence-corrected chi connectivity index (χ0v) is 16.0. The lowest BCUT2D eigenvalue weighted by molar-refractivity contribution is -0.126. The third-order valence-corrected chi connectivity index (χ3v) is 5.32. The summed E-state index contributed by atoms with van der Waals surface area (Å²) in [5.41, 5.74) is 2.95. The van der Waals surface area contributed by atoms with E-state index in [1.54, 1.807) is 19.2 Å². The first kappa shape index (κ1) is 18.5. The number of thiazole rings is 1. The number of ether oxygens (including phenoxy) is 1. The fourth-order valence-corrected chi connectivity index (χ4v) is 3.84. The van der Waals surface area contributed by atoms with E-state index < -0.39 is 18.8 Å². The molecule has 0 bridgehead atoms. The zero-order valence-electron chi connectivity index (χ0n) is 15.1. The largest absolute Gasteiger partial charge is 0.479 e. The molecule has 3 aromatic rings. The number of nitrogens with zero attached hydrogens (tertiary/aromatic N) is 3. The third-order valence-electron chi connectivity index (χ3n) is 4.46. The van der Waals surface area contributed by atoms with Gasteiger partial charge in [-0.1, -0.05) is 6.07 Å². The van der Waals surface area contributed by atoms with Crippen molar-refractivity contribution < 1.29 is 19.7 Å². The Kier molecular flexibility index (Phi) is 5.08. The second kappa shape index (κ2) is 7.67. The molecule has 0 radical (unpaired) electrons. The summed E-state index contributed by atoms with van der Waals surface area (Å²) in [5.74, 6) is 0.297. The molecular weight excluding hydrogens is 378 g/mol. The maximum atomic E-state index is 12.6. The summed E-state index contributed by atoms with van der Waals surface area (Å²) >= 11 is 1.49. The van der Waals surface area contributed by atoms with E-state index in [-0.39, 0.29) is 12.5 Å². The summed E-state index contributed by atoms with van der Waals surface area (Å²) in [7, 11) is 0. The van der Waals surface area contributed by atoms with Gasteiger partial charge in [-0.2, -0.15) is 0 Å². The fourth-order valence-electron chi connectivity index (χ4n) is 3.04. The Labute approximate surface area is 165 Å². The lowest BCUT2D eigenvalue weighted by Crippen LogP contribution is -2.48. The molecule has 3 heterocycles. The Morgan fingerprint density at radius 2 is 2.14 bits per heavy atom. The number of amides is 1. The van der Waals surface area contributed by atoms with Crippen LogP contribution >= 0.6 is 11.3 Å². The van der Waals surface area contributed by atoms with Gasteiger partial charge in [0.2, 0.25) is 0 Å². The minimum absolute atomic E-state index is 0.00423. The van der Waals surface area contributed by atoms with Crippen molar-refractivity contribution >= 4 is 22.9 Å². The SMILES string of the molecule is CC1Oc2ccc(-c3csc(-c4ccccn4)n3)cc2N(CC(O)CO)C1=O. The number of hydrogen-bond acceptors (Lipinski definition) is 7. The number of β-amino-alcohol motifs (C(OH)–C–C–N with tert-alkyl or cyclic N) is 1. The smallest absolute Gasteiger partial charge is 0.267 e. The lowest BCUT2D eigenvalue weighted by Gasteiger charge is -2.34. The Morgan fingerprint density at radius 1 is 1.29 bits per heavy atom. The van der Waals surface area contributed by atoms with Crippen LogP contribution in [0.2, 0.25) is 0 Å². The van der Waals surface area contributed by atoms with Crippen molar-refractivity contribution in [1.29, 1.82) is 0 Å². The highest BCUT2D eigenvalue weighted by atomic mass is 32.1. The fraction of sp³-hybridized carbons (Fsp3) is 0.250. The van der Waals surface area contributed by atoms with Gasteiger partial charge in [0, 0.05) is 17.1 Å². The number of carbonyl (C=O) groups excluding carboxylic acids is 1. The van der Waals surface area contributed by atoms with Crippen molar-refractivity contribution in [3.63, 3.8) is 0 Å². The molecule has 2 N–H and O–H groups in total. The number of aliphatic hydroxyl groups excluding tert-OH is 2. The summed E-state index contributed by atoms with van der Waals surface area (Å²) < 4.78 is 5.69. The molecule has 1 amide bonds. The molecule has 2 unspecified atom stereocenters. The van der Waals surface area contributed by atoms with Crippen LogP contribution in [-0.4, -0.2) is 51.4 Å². The highest BCUT2D eigenvalue weighted by Crippen LogP contribution is 2.38. The molecule has 0 fully saturated rings. The standard InChI is InChI=1S/C20H19N3O4S/c1-12-20(26)23(9-14(25)10-24)17-8-13(5-6-18(17)27-12)16-11-28-19(22-16)15-4-2-3-7-21-15/h2-8,11-12,14,24-25H,9-10H2,1H3. The number of pyridine rings is 1. The molecule has 0 saturated carbocycles. The molecule has 7 nitrogen and oxygen atoms in total. The molecule has 144 valence electrons. The van der Waals surface area contributed by atoms with E-state index in [0.717, 1.165) is 22.0 Å². The first-order valence-corrected chi connectivity index (χ1v) is 9.73. The van der Waals surface area contributed by atoms with Crippen LogP contribution < -0.4 is 9.64 Å². The lowest BCUT2D eigenvalue weighted by atomic mass is 10.1. The number of rotatable bonds is 5. The molecule has 1 aliphatic rings. The normalized spacial score (nSPS) is 17.2. The van der Waals surface area contributed by atoms with Crippen LogP contribution in [0.5, 0.6) is 5.75 Å². The van der Waals surface area contributed by atoms with Crippen molar-refractivity contribution in [3.8, 4) is 27.7 Å². The molecule has 0 saturated heterocycles. The monoisotopic (exact) mass is 397 g/mol. The van der Waals surface area contributed by atoms with Gasteiger partial charge in [-0.05, 0) is 37.3 Å². The molecule has 2 aromatic heterocycles. The van der Waals surface area contributed by atoms with Gasteiger partial charge in [-0.25, -0.2) is 4.98 Å². The Morgan fingerprint density at radius 3 is 2.89 bits per heavy atom. The maximum Gasteiger partial charge on any atom is 0.267 e. The zero-order chi connectivity index (χ0) is 19.7. The van der Waals surface area contributed by atoms with Crippen molar-refractivity contribution in [2.75, 3.05) is 18.1 Å². The van der Waals surface area contributed by atoms with Gasteiger partial charge >= 0.3 is 0 Å². The number of aromatic nitrogens is 2. The van der Waals surface area contributed by atoms with Crippen LogP contribution in [0.4, 0.5) is 5.69 Å². The number of fused-ring (bicyclic) bond motifs is 1. The van der Waals surface area contributed by atoms with E-state index in [4.69, 9.17) is 4.74 Å². The molecule has 1 aromatic carbocycles. The Balaban J connectivity index is 1.70. The Hall–Kier alpha value is -2.81. The average molecular weight is 397 g/mol. The van der Waals surface area contributed by atoms with Crippen LogP contribution in [-0.2, 0) is 4.79 Å². The highest BCUT2D eigenvalue weighted by Gasteiger charge is 2.33. The quantitative estimate of drug-likeness (QED) is 0.686. The second-order valence-electron chi connectivity index (χ2n) is 6.48. The van der Waals surface area contributed by atoms with Crippen LogP contribution in [0.3, 0.4) is 0 Å². The third kappa shape index (κ3) is 3.49. The highest BCUT2D eigenvalue weighted by molar-refractivity contribution is 7.13. The molecule has 0 spiro atoms. The first-order chi connectivity index (χ1) is 13.6. The number of anilines is 1. The van der Waals surface area contributed by atoms with Gasteiger partial charge in [-0.15, -0.1) is 11.3 Å². The van der Waals surface area contributed by atoms with Crippen molar-refractivity contribution in [1.82, 2.24) is 9.97 Å². The number of aliphatic hydroxyl groups is 2. The minimum Gasteiger partial charge on any atom is -0.479 e. The second-order valence-corrected chi connectivity index (χ2v) is 7.34. The van der Waals surface area contributed by atoms with Gasteiger partial charge in [0.25, 0.3) is 5.91 Å². The van der Waals surface area contributed by atoms with Gasteiger partial charge < -0.3 is 19.8 Å². The summed E-state index contributed by atoms with van der Waals surface area (Å²) in [5, 5.41) is 21.8. The van der Waals surface area contributed by atoms with Gasteiger partial charge in [-0.3, -0.25) is 9.78 Å². The van der Waals surface area contributed by atoms with E-state index in [0.29, 0.717) is 11.4 Å². The number of hydrogen-bond donors (Lipinski definition) is 2. The molecular formula is C20H19N3O4S. The van der Waals surface area contributed by atoms with E-state index in [9.17, 15) is 15.0 Å². The van der Waals surface area contributed by atoms with Gasteiger partial charge in [0.1, 0.15) is 10.8 Å². The average Bonchev–Trinajstić information content (AvgIpc) is 3.22. The van der Waals surface area contributed by atoms with E-state index in [1.807, 2.05) is 35.7 Å². The van der Waals surface area contributed by atoms with Crippen molar-refractivity contribution in [2.45, 2.75) is 19.1 Å². The topological polar surface area (TPSA) is 95.8 Å². The van der Waals surface area contributed by atoms with E-state index >= 15 is 0 Å². The predicted octanol–water partition coefficient (Wildman–Crippen LogP) is 2.34. The molecule has 1 aliphatic heterocycles. The van der Waals surface area contributed by atoms with Crippen LogP contribution in [0.15, 0.2) is 48.0 Å². The first-order valence-electron chi connectivity index (χ1n) is 8.85. The van der Waals surface area contributed by atoms with Gasteiger partial charge in [0.05, 0.1) is 36.3 Å². The summed E-state index contributed by atoms with van der Waals surface area (Å²) in [6.07, 6.45) is 0.0455. The van der Waals surface area contributed by atoms with Crippen LogP contribution in [0, 0.1) is 0 Å². The molecule has 28 heavy (non-hydrogen) atoms. The minimum atomic E-state index is -1.03. The molecule has 2 atom stereocenters.